The molecular weight excluding hydrogens is 209 g/mol. The Bertz CT molecular complexity index is 382. The van der Waals surface area contributed by atoms with Gasteiger partial charge in [0.05, 0.1) is 0 Å². The fourth-order valence-corrected chi connectivity index (χ4v) is 1.82. The van der Waals surface area contributed by atoms with E-state index in [4.69, 9.17) is 0 Å². The molecule has 1 aromatic carbocycles. The standard InChI is InChI=1S/C10H10AsN/c1-7-2-3-8-6-9(11)4-5-10(8)12-7/h2-6H,11H2,1H3. The van der Waals surface area contributed by atoms with Crippen molar-refractivity contribution in [1.29, 1.82) is 0 Å². The van der Waals surface area contributed by atoms with E-state index in [0.717, 1.165) is 11.2 Å². The van der Waals surface area contributed by atoms with Gasteiger partial charge in [0.2, 0.25) is 0 Å². The van der Waals surface area contributed by atoms with Gasteiger partial charge in [-0.2, -0.15) is 0 Å². The second-order valence-corrected chi connectivity index (χ2v) is 4.30. The zero-order valence-electron chi connectivity index (χ0n) is 6.91. The molecule has 0 aliphatic rings. The molecule has 0 saturated carbocycles. The van der Waals surface area contributed by atoms with Gasteiger partial charge < -0.3 is 0 Å². The molecule has 0 aliphatic carbocycles. The first-order valence-electron chi connectivity index (χ1n) is 3.88. The summed E-state index contributed by atoms with van der Waals surface area (Å²) in [6, 6.07) is 10.6. The number of benzene rings is 1. The molecule has 1 aromatic heterocycles. The Morgan fingerprint density at radius 2 is 2.00 bits per heavy atom. The predicted octanol–water partition coefficient (Wildman–Crippen LogP) is 0.802. The molecule has 2 aromatic rings. The van der Waals surface area contributed by atoms with E-state index in [1.807, 2.05) is 6.92 Å². The van der Waals surface area contributed by atoms with E-state index in [-0.39, 0.29) is 0 Å². The second-order valence-electron chi connectivity index (χ2n) is 2.90. The third-order valence-corrected chi connectivity index (χ3v) is 2.61. The van der Waals surface area contributed by atoms with Crippen LogP contribution in [-0.2, 0) is 0 Å². The third-order valence-electron chi connectivity index (χ3n) is 1.85. The molecule has 0 N–H and O–H groups in total. The molecule has 0 spiro atoms. The summed E-state index contributed by atoms with van der Waals surface area (Å²) in [4.78, 5) is 4.42. The summed E-state index contributed by atoms with van der Waals surface area (Å²) in [7, 11) is 0. The molecule has 2 rings (SSSR count). The predicted molar refractivity (Wildman–Crippen MR) is 54.7 cm³/mol. The molecule has 2 heteroatoms. The van der Waals surface area contributed by atoms with Crippen LogP contribution in [-0.4, -0.2) is 21.8 Å². The first kappa shape index (κ1) is 7.82. The quantitative estimate of drug-likeness (QED) is 0.597. The molecule has 0 aliphatic heterocycles. The number of hydrogen-bond acceptors (Lipinski definition) is 1. The van der Waals surface area contributed by atoms with Crippen LogP contribution in [0.2, 0.25) is 0 Å². The zero-order valence-corrected chi connectivity index (χ0v) is 9.33. The SMILES string of the molecule is Cc1ccc2cc([AsH2])ccc2n1. The number of hydrogen-bond donors (Lipinski definition) is 0. The van der Waals surface area contributed by atoms with Crippen LogP contribution < -0.4 is 4.35 Å². The molecule has 0 saturated heterocycles. The Morgan fingerprint density at radius 1 is 1.17 bits per heavy atom. The van der Waals surface area contributed by atoms with E-state index in [2.05, 4.69) is 35.3 Å². The van der Waals surface area contributed by atoms with Crippen LogP contribution in [0.15, 0.2) is 30.3 Å². The van der Waals surface area contributed by atoms with Crippen molar-refractivity contribution in [2.75, 3.05) is 0 Å². The normalized spacial score (nSPS) is 10.5. The summed E-state index contributed by atoms with van der Waals surface area (Å²) in [6.07, 6.45) is 0. The van der Waals surface area contributed by atoms with Gasteiger partial charge in [-0.15, -0.1) is 0 Å². The van der Waals surface area contributed by atoms with Gasteiger partial charge in [0.15, 0.2) is 0 Å². The van der Waals surface area contributed by atoms with Crippen LogP contribution in [0.4, 0.5) is 0 Å². The molecule has 1 unspecified atom stereocenters. The number of pyridine rings is 1. The molecule has 0 bridgehead atoms. The van der Waals surface area contributed by atoms with Crippen LogP contribution in [0.3, 0.4) is 0 Å². The van der Waals surface area contributed by atoms with Gasteiger partial charge >= 0.3 is 80.0 Å². The van der Waals surface area contributed by atoms with E-state index < -0.39 is 0 Å². The summed E-state index contributed by atoms with van der Waals surface area (Å²) < 4.78 is 1.35. The first-order valence-corrected chi connectivity index (χ1v) is 5.10. The number of aromatic nitrogens is 1. The number of nitrogens with zero attached hydrogens (tertiary/aromatic N) is 1. The fourth-order valence-electron chi connectivity index (χ4n) is 1.25. The molecule has 0 radical (unpaired) electrons. The Labute approximate surface area is 80.3 Å². The van der Waals surface area contributed by atoms with Gasteiger partial charge in [0.25, 0.3) is 0 Å². The van der Waals surface area contributed by atoms with Crippen molar-refractivity contribution >= 4 is 32.1 Å². The summed E-state index contributed by atoms with van der Waals surface area (Å²) in [6.45, 7) is 2.02. The van der Waals surface area contributed by atoms with Gasteiger partial charge in [0, 0.05) is 0 Å². The van der Waals surface area contributed by atoms with E-state index >= 15 is 0 Å². The van der Waals surface area contributed by atoms with Crippen molar-refractivity contribution in [1.82, 2.24) is 4.98 Å². The molecule has 60 valence electrons. The van der Waals surface area contributed by atoms with Gasteiger partial charge in [-0.3, -0.25) is 0 Å². The van der Waals surface area contributed by atoms with E-state index in [1.165, 1.54) is 9.74 Å². The van der Waals surface area contributed by atoms with Crippen LogP contribution in [0, 0.1) is 6.92 Å². The summed E-state index contributed by atoms with van der Waals surface area (Å²) in [5.41, 5.74) is 2.17. The summed E-state index contributed by atoms with van der Waals surface area (Å²) in [5, 5.41) is 1.24. The monoisotopic (exact) mass is 219 g/mol. The summed E-state index contributed by atoms with van der Waals surface area (Å²) in [5.74, 6) is 0. The minimum absolute atomic E-state index is 1.08. The van der Waals surface area contributed by atoms with Crippen molar-refractivity contribution in [3.8, 4) is 0 Å². The fraction of sp³-hybridized carbons (Fsp3) is 0.100. The van der Waals surface area contributed by atoms with Crippen molar-refractivity contribution in [2.45, 2.75) is 6.92 Å². The molecule has 0 fully saturated rings. The Hall–Kier alpha value is -0.812. The Balaban J connectivity index is 2.79. The zero-order chi connectivity index (χ0) is 8.55. The average Bonchev–Trinajstić information content (AvgIpc) is 2.05. The maximum atomic E-state index is 4.42. The Kier molecular flexibility index (Phi) is 1.90. The number of rotatable bonds is 0. The molecule has 1 nitrogen and oxygen atoms in total. The van der Waals surface area contributed by atoms with Gasteiger partial charge in [0.1, 0.15) is 0 Å². The minimum atomic E-state index is 1.08. The van der Waals surface area contributed by atoms with E-state index in [1.54, 1.807) is 16.9 Å². The Morgan fingerprint density at radius 3 is 2.83 bits per heavy atom. The molecule has 1 atom stereocenters. The van der Waals surface area contributed by atoms with E-state index in [9.17, 15) is 0 Å². The van der Waals surface area contributed by atoms with Crippen LogP contribution in [0.25, 0.3) is 10.9 Å². The van der Waals surface area contributed by atoms with Crippen LogP contribution >= 0.6 is 0 Å². The third kappa shape index (κ3) is 1.37. The van der Waals surface area contributed by atoms with Crippen molar-refractivity contribution in [3.05, 3.63) is 36.0 Å². The van der Waals surface area contributed by atoms with Gasteiger partial charge in [-0.1, -0.05) is 0 Å². The van der Waals surface area contributed by atoms with Gasteiger partial charge in [-0.05, 0) is 0 Å². The number of fused-ring (bicyclic) bond motifs is 1. The van der Waals surface area contributed by atoms with Crippen molar-refractivity contribution in [3.63, 3.8) is 0 Å². The summed E-state index contributed by atoms with van der Waals surface area (Å²) >= 11 is 1.65. The average molecular weight is 219 g/mol. The molecule has 0 amide bonds. The number of aryl methyl sites for hydroxylation is 1. The van der Waals surface area contributed by atoms with Crippen molar-refractivity contribution < 1.29 is 0 Å². The molecule has 12 heavy (non-hydrogen) atoms. The van der Waals surface area contributed by atoms with Crippen LogP contribution in [0.5, 0.6) is 0 Å². The first-order chi connectivity index (χ1) is 5.75. The van der Waals surface area contributed by atoms with Crippen molar-refractivity contribution in [2.24, 2.45) is 0 Å². The molecule has 1 heterocycles. The van der Waals surface area contributed by atoms with Gasteiger partial charge in [-0.25, -0.2) is 0 Å². The maximum absolute atomic E-state index is 4.42. The topological polar surface area (TPSA) is 12.9 Å². The second kappa shape index (κ2) is 2.91. The van der Waals surface area contributed by atoms with Crippen LogP contribution in [0.1, 0.15) is 5.69 Å². The van der Waals surface area contributed by atoms with E-state index in [0.29, 0.717) is 0 Å². The molecular formula is C10H10AsN.